The van der Waals surface area contributed by atoms with Crippen LogP contribution in [0.3, 0.4) is 0 Å². The zero-order valence-corrected chi connectivity index (χ0v) is 15.7. The molecule has 0 radical (unpaired) electrons. The van der Waals surface area contributed by atoms with Crippen LogP contribution in [0.15, 0.2) is 72.9 Å². The predicted molar refractivity (Wildman–Crippen MR) is 107 cm³/mol. The molecular weight excluding hydrogens is 336 g/mol. The largest absolute Gasteiger partial charge is 0.347 e. The van der Waals surface area contributed by atoms with Gasteiger partial charge in [0.25, 0.3) is 5.91 Å². The van der Waals surface area contributed by atoms with Gasteiger partial charge in [-0.15, -0.1) is 0 Å². The van der Waals surface area contributed by atoms with Crippen molar-refractivity contribution in [1.82, 2.24) is 15.3 Å². The van der Waals surface area contributed by atoms with Crippen molar-refractivity contribution in [3.05, 3.63) is 89.7 Å². The number of nitrogens with one attached hydrogen (secondary N) is 1. The number of hydrogen-bond acceptors (Lipinski definition) is 4. The Morgan fingerprint density at radius 1 is 0.963 bits per heavy atom. The fourth-order valence-corrected chi connectivity index (χ4v) is 2.75. The highest BCUT2D eigenvalue weighted by Gasteiger charge is 2.16. The van der Waals surface area contributed by atoms with Crippen LogP contribution in [0.5, 0.6) is 0 Å². The zero-order chi connectivity index (χ0) is 19.1. The number of carbonyl (C=O) groups excluding carboxylic acids is 1. The summed E-state index contributed by atoms with van der Waals surface area (Å²) < 4.78 is 0. The Hall–Kier alpha value is -3.21. The van der Waals surface area contributed by atoms with Crippen LogP contribution < -0.4 is 10.2 Å². The fraction of sp³-hybridized carbons (Fsp3) is 0.227. The van der Waals surface area contributed by atoms with E-state index in [-0.39, 0.29) is 11.9 Å². The van der Waals surface area contributed by atoms with E-state index in [0.29, 0.717) is 24.7 Å². The van der Waals surface area contributed by atoms with E-state index < -0.39 is 0 Å². The molecule has 0 unspecified atom stereocenters. The molecule has 3 aromatic rings. The highest BCUT2D eigenvalue weighted by molar-refractivity contribution is 5.92. The van der Waals surface area contributed by atoms with Crippen LogP contribution in [0.1, 0.15) is 35.5 Å². The van der Waals surface area contributed by atoms with Crippen molar-refractivity contribution in [2.24, 2.45) is 0 Å². The molecule has 27 heavy (non-hydrogen) atoms. The van der Waals surface area contributed by atoms with Gasteiger partial charge in [0, 0.05) is 25.3 Å². The Morgan fingerprint density at radius 3 is 2.22 bits per heavy atom. The van der Waals surface area contributed by atoms with Gasteiger partial charge in [0.15, 0.2) is 0 Å². The van der Waals surface area contributed by atoms with Crippen LogP contribution >= 0.6 is 0 Å². The maximum atomic E-state index is 12.5. The zero-order valence-electron chi connectivity index (χ0n) is 15.7. The van der Waals surface area contributed by atoms with E-state index in [2.05, 4.69) is 46.2 Å². The van der Waals surface area contributed by atoms with Crippen LogP contribution in [0.25, 0.3) is 0 Å². The van der Waals surface area contributed by atoms with Crippen LogP contribution in [0.4, 0.5) is 5.95 Å². The molecule has 0 saturated heterocycles. The third-order valence-electron chi connectivity index (χ3n) is 4.25. The molecule has 0 saturated carbocycles. The number of carbonyl (C=O) groups is 1. The third-order valence-corrected chi connectivity index (χ3v) is 4.25. The van der Waals surface area contributed by atoms with Gasteiger partial charge in [-0.3, -0.25) is 4.79 Å². The first-order chi connectivity index (χ1) is 13.1. The van der Waals surface area contributed by atoms with E-state index >= 15 is 0 Å². The number of nitrogens with zero attached hydrogens (tertiary/aromatic N) is 3. The van der Waals surface area contributed by atoms with E-state index in [9.17, 15) is 4.79 Å². The van der Waals surface area contributed by atoms with Crippen molar-refractivity contribution >= 4 is 11.9 Å². The van der Waals surface area contributed by atoms with Gasteiger partial charge in [-0.2, -0.15) is 0 Å². The molecule has 1 aromatic heterocycles. The number of anilines is 1. The average Bonchev–Trinajstić information content (AvgIpc) is 2.71. The second kappa shape index (κ2) is 8.94. The second-order valence-corrected chi connectivity index (χ2v) is 6.62. The van der Waals surface area contributed by atoms with Crippen molar-refractivity contribution in [1.29, 1.82) is 0 Å². The highest BCUT2D eigenvalue weighted by Crippen LogP contribution is 2.16. The van der Waals surface area contributed by atoms with Crippen molar-refractivity contribution in [3.63, 3.8) is 0 Å². The lowest BCUT2D eigenvalue weighted by Crippen LogP contribution is -2.32. The highest BCUT2D eigenvalue weighted by atomic mass is 16.1. The molecular formula is C22H24N4O. The Labute approximate surface area is 160 Å². The summed E-state index contributed by atoms with van der Waals surface area (Å²) in [5, 5.41) is 2.91. The third kappa shape index (κ3) is 5.14. The molecule has 0 spiro atoms. The fourth-order valence-electron chi connectivity index (χ4n) is 2.75. The minimum Gasteiger partial charge on any atom is -0.347 e. The van der Waals surface area contributed by atoms with Gasteiger partial charge in [0.1, 0.15) is 5.69 Å². The molecule has 0 aliphatic heterocycles. The summed E-state index contributed by atoms with van der Waals surface area (Å²) in [6, 6.07) is 21.8. The molecule has 0 atom stereocenters. The topological polar surface area (TPSA) is 58.1 Å². The molecule has 138 valence electrons. The molecule has 0 aliphatic carbocycles. The first-order valence-corrected chi connectivity index (χ1v) is 9.09. The van der Waals surface area contributed by atoms with Crippen LogP contribution in [0.2, 0.25) is 0 Å². The van der Waals surface area contributed by atoms with Gasteiger partial charge in [-0.05, 0) is 31.0 Å². The SMILES string of the molecule is CC(C)N(Cc1ccccc1)c1nccc(C(=O)NCc2ccccc2)n1. The summed E-state index contributed by atoms with van der Waals surface area (Å²) in [6.45, 7) is 5.34. The van der Waals surface area contributed by atoms with Gasteiger partial charge in [-0.1, -0.05) is 60.7 Å². The molecule has 1 N–H and O–H groups in total. The lowest BCUT2D eigenvalue weighted by Gasteiger charge is -2.27. The quantitative estimate of drug-likeness (QED) is 0.696. The number of amides is 1. The molecule has 1 heterocycles. The van der Waals surface area contributed by atoms with Crippen LogP contribution in [-0.4, -0.2) is 21.9 Å². The normalized spacial score (nSPS) is 10.6. The molecule has 0 bridgehead atoms. The van der Waals surface area contributed by atoms with Crippen molar-refractivity contribution in [2.45, 2.75) is 33.0 Å². The Morgan fingerprint density at radius 2 is 1.59 bits per heavy atom. The summed E-state index contributed by atoms with van der Waals surface area (Å²) in [4.78, 5) is 23.5. The van der Waals surface area contributed by atoms with Gasteiger partial charge < -0.3 is 10.2 Å². The Bertz CT molecular complexity index is 866. The summed E-state index contributed by atoms with van der Waals surface area (Å²) in [6.07, 6.45) is 1.64. The summed E-state index contributed by atoms with van der Waals surface area (Å²) in [7, 11) is 0. The van der Waals surface area contributed by atoms with Crippen molar-refractivity contribution < 1.29 is 4.79 Å². The summed E-state index contributed by atoms with van der Waals surface area (Å²) in [5.74, 6) is 0.354. The van der Waals surface area contributed by atoms with Crippen LogP contribution in [0, 0.1) is 0 Å². The number of hydrogen-bond donors (Lipinski definition) is 1. The van der Waals surface area contributed by atoms with Crippen molar-refractivity contribution in [2.75, 3.05) is 4.90 Å². The maximum absolute atomic E-state index is 12.5. The predicted octanol–water partition coefficient (Wildman–Crippen LogP) is 3.82. The molecule has 5 heteroatoms. The lowest BCUT2D eigenvalue weighted by atomic mass is 10.2. The Balaban J connectivity index is 1.73. The van der Waals surface area contributed by atoms with Gasteiger partial charge >= 0.3 is 0 Å². The minimum atomic E-state index is -0.203. The lowest BCUT2D eigenvalue weighted by molar-refractivity contribution is 0.0945. The molecule has 3 rings (SSSR count). The molecule has 0 fully saturated rings. The first kappa shape index (κ1) is 18.6. The average molecular weight is 360 g/mol. The van der Waals surface area contributed by atoms with Crippen molar-refractivity contribution in [3.8, 4) is 0 Å². The number of aromatic nitrogens is 2. The molecule has 0 aliphatic rings. The molecule has 2 aromatic carbocycles. The van der Waals surface area contributed by atoms with Gasteiger partial charge in [0.2, 0.25) is 5.95 Å². The standard InChI is InChI=1S/C22H24N4O/c1-17(2)26(16-19-11-7-4-8-12-19)22-23-14-13-20(25-22)21(27)24-15-18-9-5-3-6-10-18/h3-14,17H,15-16H2,1-2H3,(H,24,27). The minimum absolute atomic E-state index is 0.202. The second-order valence-electron chi connectivity index (χ2n) is 6.62. The molecule has 1 amide bonds. The number of rotatable bonds is 7. The van der Waals surface area contributed by atoms with E-state index in [1.165, 1.54) is 5.56 Å². The monoisotopic (exact) mass is 360 g/mol. The van der Waals surface area contributed by atoms with E-state index in [4.69, 9.17) is 0 Å². The van der Waals surface area contributed by atoms with E-state index in [1.807, 2.05) is 48.5 Å². The van der Waals surface area contributed by atoms with Gasteiger partial charge in [0.05, 0.1) is 0 Å². The number of benzene rings is 2. The van der Waals surface area contributed by atoms with Gasteiger partial charge in [-0.25, -0.2) is 9.97 Å². The molecule has 5 nitrogen and oxygen atoms in total. The van der Waals surface area contributed by atoms with E-state index in [1.54, 1.807) is 12.3 Å². The van der Waals surface area contributed by atoms with E-state index in [0.717, 1.165) is 5.56 Å². The first-order valence-electron chi connectivity index (χ1n) is 9.09. The van der Waals surface area contributed by atoms with Crippen LogP contribution in [-0.2, 0) is 13.1 Å². The Kier molecular flexibility index (Phi) is 6.15. The smallest absolute Gasteiger partial charge is 0.270 e. The summed E-state index contributed by atoms with van der Waals surface area (Å²) in [5.41, 5.74) is 2.59. The maximum Gasteiger partial charge on any atom is 0.270 e. The summed E-state index contributed by atoms with van der Waals surface area (Å²) >= 11 is 0.